The number of rotatable bonds is 4. The van der Waals surface area contributed by atoms with Crippen molar-refractivity contribution in [2.45, 2.75) is 20.3 Å². The van der Waals surface area contributed by atoms with E-state index in [2.05, 4.69) is 10.4 Å². The van der Waals surface area contributed by atoms with Crippen LogP contribution in [0.1, 0.15) is 17.8 Å². The third-order valence-corrected chi connectivity index (χ3v) is 5.28. The largest absolute Gasteiger partial charge is 0.325 e. The van der Waals surface area contributed by atoms with Crippen LogP contribution in [0.3, 0.4) is 0 Å². The van der Waals surface area contributed by atoms with Crippen molar-refractivity contribution in [1.29, 1.82) is 0 Å². The summed E-state index contributed by atoms with van der Waals surface area (Å²) in [6.07, 6.45) is 0.477. The van der Waals surface area contributed by atoms with Crippen LogP contribution in [-0.2, 0) is 9.59 Å². The lowest BCUT2D eigenvalue weighted by molar-refractivity contribution is -0.129. The minimum absolute atomic E-state index is 0.195. The summed E-state index contributed by atoms with van der Waals surface area (Å²) in [5.41, 5.74) is 4.18. The molecule has 1 fully saturated rings. The van der Waals surface area contributed by atoms with Gasteiger partial charge in [0.2, 0.25) is 11.8 Å². The van der Waals surface area contributed by atoms with Crippen molar-refractivity contribution in [2.75, 3.05) is 16.8 Å². The first-order valence-corrected chi connectivity index (χ1v) is 9.82. The molecule has 0 saturated carbocycles. The van der Waals surface area contributed by atoms with Crippen molar-refractivity contribution in [1.82, 2.24) is 9.78 Å². The molecule has 7 heteroatoms. The molecule has 29 heavy (non-hydrogen) atoms. The number of aromatic nitrogens is 2. The van der Waals surface area contributed by atoms with Gasteiger partial charge in [0, 0.05) is 28.6 Å². The molecule has 1 unspecified atom stereocenters. The molecule has 1 N–H and O–H groups in total. The van der Waals surface area contributed by atoms with Gasteiger partial charge in [-0.25, -0.2) is 4.68 Å². The van der Waals surface area contributed by atoms with Gasteiger partial charge in [-0.2, -0.15) is 5.10 Å². The molecule has 1 aliphatic rings. The van der Waals surface area contributed by atoms with E-state index in [1.165, 1.54) is 0 Å². The molecule has 2 amide bonds. The zero-order chi connectivity index (χ0) is 20.5. The highest BCUT2D eigenvalue weighted by atomic mass is 35.5. The number of carbonyl (C=O) groups is 2. The topological polar surface area (TPSA) is 67.2 Å². The van der Waals surface area contributed by atoms with Crippen molar-refractivity contribution in [3.05, 3.63) is 71.0 Å². The number of aryl methyl sites for hydroxylation is 2. The molecule has 1 atom stereocenters. The standard InChI is InChI=1S/C22H21ClN4O2/c1-14-12-15(2)27(25-14)19-5-3-4-17(13-19)24-21(28)20-10-11-26(22(20)29)18-8-6-16(23)7-9-18/h3-9,12-13,20H,10-11H2,1-2H3,(H,24,28). The third kappa shape index (κ3) is 3.89. The smallest absolute Gasteiger partial charge is 0.239 e. The number of carbonyl (C=O) groups excluding carboxylic acids is 2. The Kier molecular flexibility index (Phi) is 5.11. The van der Waals surface area contributed by atoms with E-state index in [0.29, 0.717) is 23.7 Å². The highest BCUT2D eigenvalue weighted by Gasteiger charge is 2.37. The molecule has 1 saturated heterocycles. The Balaban J connectivity index is 1.48. The maximum Gasteiger partial charge on any atom is 0.239 e. The normalized spacial score (nSPS) is 16.3. The van der Waals surface area contributed by atoms with E-state index in [4.69, 9.17) is 11.6 Å². The fraction of sp³-hybridized carbons (Fsp3) is 0.227. The summed E-state index contributed by atoms with van der Waals surface area (Å²) >= 11 is 5.92. The second-order valence-corrected chi connectivity index (χ2v) is 7.62. The van der Waals surface area contributed by atoms with E-state index in [9.17, 15) is 9.59 Å². The maximum absolute atomic E-state index is 12.8. The Morgan fingerprint density at radius 3 is 2.55 bits per heavy atom. The average molecular weight is 409 g/mol. The molecule has 1 aromatic heterocycles. The van der Waals surface area contributed by atoms with Crippen molar-refractivity contribution >= 4 is 34.8 Å². The summed E-state index contributed by atoms with van der Waals surface area (Å²) in [5.74, 6) is -1.19. The van der Waals surface area contributed by atoms with Gasteiger partial charge in [-0.3, -0.25) is 9.59 Å². The maximum atomic E-state index is 12.8. The van der Waals surface area contributed by atoms with Gasteiger partial charge in [0.15, 0.2) is 0 Å². The fourth-order valence-corrected chi connectivity index (χ4v) is 3.76. The number of halogens is 1. The van der Waals surface area contributed by atoms with Crippen LogP contribution in [-0.4, -0.2) is 28.1 Å². The Labute approximate surface area is 174 Å². The van der Waals surface area contributed by atoms with Gasteiger partial charge in [0.25, 0.3) is 0 Å². The number of anilines is 2. The highest BCUT2D eigenvalue weighted by molar-refractivity contribution is 6.30. The Morgan fingerprint density at radius 1 is 1.10 bits per heavy atom. The zero-order valence-electron chi connectivity index (χ0n) is 16.2. The summed E-state index contributed by atoms with van der Waals surface area (Å²) in [5, 5.41) is 7.97. The van der Waals surface area contributed by atoms with E-state index >= 15 is 0 Å². The molecule has 0 radical (unpaired) electrons. The summed E-state index contributed by atoms with van der Waals surface area (Å²) in [7, 11) is 0. The first kappa shape index (κ1) is 19.2. The molecule has 0 spiro atoms. The quantitative estimate of drug-likeness (QED) is 0.660. The lowest BCUT2D eigenvalue weighted by Crippen LogP contribution is -2.33. The monoisotopic (exact) mass is 408 g/mol. The third-order valence-electron chi connectivity index (χ3n) is 5.03. The summed E-state index contributed by atoms with van der Waals surface area (Å²) in [6.45, 7) is 4.42. The summed E-state index contributed by atoms with van der Waals surface area (Å²) in [6, 6.07) is 16.5. The first-order chi connectivity index (χ1) is 13.9. The van der Waals surface area contributed by atoms with Crippen molar-refractivity contribution in [2.24, 2.45) is 5.92 Å². The molecule has 1 aliphatic heterocycles. The van der Waals surface area contributed by atoms with Crippen LogP contribution in [0.15, 0.2) is 54.6 Å². The molecule has 6 nitrogen and oxygen atoms in total. The van der Waals surface area contributed by atoms with Gasteiger partial charge >= 0.3 is 0 Å². The molecule has 0 bridgehead atoms. The van der Waals surface area contributed by atoms with Crippen LogP contribution in [0.2, 0.25) is 5.02 Å². The lowest BCUT2D eigenvalue weighted by atomic mass is 10.1. The number of nitrogens with one attached hydrogen (secondary N) is 1. The Hall–Kier alpha value is -3.12. The molecule has 2 aromatic carbocycles. The second kappa shape index (κ2) is 7.72. The zero-order valence-corrected chi connectivity index (χ0v) is 17.0. The van der Waals surface area contributed by atoms with Crippen LogP contribution >= 0.6 is 11.6 Å². The van der Waals surface area contributed by atoms with Crippen molar-refractivity contribution in [3.8, 4) is 5.69 Å². The van der Waals surface area contributed by atoms with Crippen LogP contribution in [0.25, 0.3) is 5.69 Å². The van der Waals surface area contributed by atoms with E-state index in [1.54, 1.807) is 29.2 Å². The summed E-state index contributed by atoms with van der Waals surface area (Å²) < 4.78 is 1.83. The number of benzene rings is 2. The molecular weight excluding hydrogens is 388 g/mol. The fourth-order valence-electron chi connectivity index (χ4n) is 3.64. The molecule has 148 valence electrons. The van der Waals surface area contributed by atoms with Crippen LogP contribution < -0.4 is 10.2 Å². The van der Waals surface area contributed by atoms with E-state index in [1.807, 2.05) is 48.9 Å². The second-order valence-electron chi connectivity index (χ2n) is 7.19. The highest BCUT2D eigenvalue weighted by Crippen LogP contribution is 2.27. The minimum atomic E-state index is -0.706. The van der Waals surface area contributed by atoms with Crippen LogP contribution in [0.4, 0.5) is 11.4 Å². The van der Waals surface area contributed by atoms with Crippen LogP contribution in [0.5, 0.6) is 0 Å². The Bertz CT molecular complexity index is 1070. The molecule has 0 aliphatic carbocycles. The van der Waals surface area contributed by atoms with Crippen LogP contribution in [0, 0.1) is 19.8 Å². The van der Waals surface area contributed by atoms with E-state index < -0.39 is 5.92 Å². The van der Waals surface area contributed by atoms with Crippen molar-refractivity contribution in [3.63, 3.8) is 0 Å². The van der Waals surface area contributed by atoms with Gasteiger partial charge < -0.3 is 10.2 Å². The number of nitrogens with zero attached hydrogens (tertiary/aromatic N) is 3. The van der Waals surface area contributed by atoms with Gasteiger partial charge in [-0.05, 0) is 68.8 Å². The average Bonchev–Trinajstić information content (AvgIpc) is 3.24. The van der Waals surface area contributed by atoms with Gasteiger partial charge in [-0.15, -0.1) is 0 Å². The number of hydrogen-bond donors (Lipinski definition) is 1. The predicted octanol–water partition coefficient (Wildman–Crippen LogP) is 4.13. The lowest BCUT2D eigenvalue weighted by Gasteiger charge is -2.17. The predicted molar refractivity (Wildman–Crippen MR) is 114 cm³/mol. The van der Waals surface area contributed by atoms with Gasteiger partial charge in [-0.1, -0.05) is 17.7 Å². The molecule has 3 aromatic rings. The summed E-state index contributed by atoms with van der Waals surface area (Å²) in [4.78, 5) is 27.2. The number of amides is 2. The molecule has 2 heterocycles. The van der Waals surface area contributed by atoms with Crippen molar-refractivity contribution < 1.29 is 9.59 Å². The SMILES string of the molecule is Cc1cc(C)n(-c2cccc(NC(=O)C3CCN(c4ccc(Cl)cc4)C3=O)c2)n1. The van der Waals surface area contributed by atoms with E-state index in [-0.39, 0.29) is 11.8 Å². The first-order valence-electron chi connectivity index (χ1n) is 9.44. The van der Waals surface area contributed by atoms with E-state index in [0.717, 1.165) is 22.8 Å². The van der Waals surface area contributed by atoms with Gasteiger partial charge in [0.05, 0.1) is 11.4 Å². The molecular formula is C22H21ClN4O2. The molecule has 4 rings (SSSR count). The number of hydrogen-bond acceptors (Lipinski definition) is 3. The Morgan fingerprint density at radius 2 is 1.86 bits per heavy atom. The van der Waals surface area contributed by atoms with Gasteiger partial charge in [0.1, 0.15) is 5.92 Å². The minimum Gasteiger partial charge on any atom is -0.325 e.